The molecular weight excluding hydrogens is 308 g/mol. The first-order valence-electron chi connectivity index (χ1n) is 8.44. The zero-order chi connectivity index (χ0) is 17.1. The molecule has 2 aliphatic rings. The Bertz CT molecular complexity index is 607. The molecule has 0 spiro atoms. The number of likely N-dealkylation sites (tertiary alicyclic amines) is 1. The third kappa shape index (κ3) is 3.13. The average molecular weight is 330 g/mol. The van der Waals surface area contributed by atoms with Gasteiger partial charge in [-0.1, -0.05) is 37.3 Å². The number of ether oxygens (including phenoxy) is 1. The summed E-state index contributed by atoms with van der Waals surface area (Å²) in [7, 11) is 0. The number of amides is 3. The fraction of sp³-hybridized carbons (Fsp3) is 0.500. The molecule has 0 unspecified atom stereocenters. The van der Waals surface area contributed by atoms with Crippen molar-refractivity contribution in [3.63, 3.8) is 0 Å². The Labute approximate surface area is 141 Å². The maximum atomic E-state index is 12.8. The summed E-state index contributed by atoms with van der Waals surface area (Å²) in [5, 5.41) is 0. The van der Waals surface area contributed by atoms with Crippen molar-refractivity contribution in [1.29, 1.82) is 0 Å². The van der Waals surface area contributed by atoms with Crippen LogP contribution in [0, 0.1) is 0 Å². The van der Waals surface area contributed by atoms with Crippen LogP contribution in [0.1, 0.15) is 37.7 Å². The Balaban J connectivity index is 1.62. The maximum absolute atomic E-state index is 12.8. The minimum absolute atomic E-state index is 0.123. The monoisotopic (exact) mass is 330 g/mol. The number of carbonyl (C=O) groups is 3. The molecule has 2 heterocycles. The number of hydrogen-bond donors (Lipinski definition) is 0. The highest BCUT2D eigenvalue weighted by molar-refractivity contribution is 5.98. The van der Waals surface area contributed by atoms with Crippen LogP contribution in [0.2, 0.25) is 0 Å². The minimum atomic E-state index is -0.555. The van der Waals surface area contributed by atoms with Crippen molar-refractivity contribution in [3.05, 3.63) is 35.9 Å². The Kier molecular flexibility index (Phi) is 4.83. The summed E-state index contributed by atoms with van der Waals surface area (Å²) in [6.07, 6.45) is 1.41. The summed E-state index contributed by atoms with van der Waals surface area (Å²) >= 11 is 0. The van der Waals surface area contributed by atoms with E-state index in [1.807, 2.05) is 42.2 Å². The lowest BCUT2D eigenvalue weighted by Crippen LogP contribution is -2.49. The summed E-state index contributed by atoms with van der Waals surface area (Å²) < 4.78 is 4.78. The maximum Gasteiger partial charge on any atom is 0.417 e. The fourth-order valence-corrected chi connectivity index (χ4v) is 3.52. The normalized spacial score (nSPS) is 20.2. The van der Waals surface area contributed by atoms with Crippen molar-refractivity contribution in [2.24, 2.45) is 0 Å². The third-order valence-electron chi connectivity index (χ3n) is 4.83. The lowest BCUT2D eigenvalue weighted by atomic mass is 9.93. The fourth-order valence-electron chi connectivity index (χ4n) is 3.52. The molecule has 6 heteroatoms. The van der Waals surface area contributed by atoms with E-state index in [1.54, 1.807) is 0 Å². The molecule has 0 bridgehead atoms. The number of benzene rings is 1. The Morgan fingerprint density at radius 3 is 2.42 bits per heavy atom. The molecule has 1 atom stereocenters. The van der Waals surface area contributed by atoms with Crippen LogP contribution in [0.4, 0.5) is 4.79 Å². The summed E-state index contributed by atoms with van der Waals surface area (Å²) in [5.41, 5.74) is 1.03. The highest BCUT2D eigenvalue weighted by Gasteiger charge is 2.39. The van der Waals surface area contributed by atoms with Crippen molar-refractivity contribution < 1.29 is 19.1 Å². The SMILES string of the molecule is CC[C@H](C(=O)N1CCC(N2C(=O)COC2=O)CC1)c1ccccc1. The van der Waals surface area contributed by atoms with Crippen LogP contribution in [0.25, 0.3) is 0 Å². The molecule has 0 N–H and O–H groups in total. The van der Waals surface area contributed by atoms with E-state index in [-0.39, 0.29) is 30.4 Å². The molecule has 3 rings (SSSR count). The zero-order valence-corrected chi connectivity index (χ0v) is 13.8. The number of nitrogens with zero attached hydrogens (tertiary/aromatic N) is 2. The van der Waals surface area contributed by atoms with Gasteiger partial charge in [-0.3, -0.25) is 9.59 Å². The molecule has 2 aliphatic heterocycles. The van der Waals surface area contributed by atoms with Crippen molar-refractivity contribution in [2.45, 2.75) is 38.1 Å². The average Bonchev–Trinajstić information content (AvgIpc) is 2.95. The van der Waals surface area contributed by atoms with Gasteiger partial charge in [-0.2, -0.15) is 0 Å². The smallest absolute Gasteiger partial charge is 0.417 e. The first-order valence-corrected chi connectivity index (χ1v) is 8.44. The van der Waals surface area contributed by atoms with Gasteiger partial charge in [0, 0.05) is 19.1 Å². The number of imide groups is 1. The zero-order valence-electron chi connectivity index (χ0n) is 13.8. The molecule has 0 aliphatic carbocycles. The van der Waals surface area contributed by atoms with Gasteiger partial charge in [-0.05, 0) is 24.8 Å². The number of carbonyl (C=O) groups excluding carboxylic acids is 3. The first kappa shape index (κ1) is 16.5. The molecule has 1 aromatic carbocycles. The predicted octanol–water partition coefficient (Wildman–Crippen LogP) is 2.15. The topological polar surface area (TPSA) is 66.9 Å². The number of hydrogen-bond acceptors (Lipinski definition) is 4. The molecular formula is C18H22N2O4. The van der Waals surface area contributed by atoms with Crippen molar-refractivity contribution in [2.75, 3.05) is 19.7 Å². The van der Waals surface area contributed by atoms with E-state index in [2.05, 4.69) is 0 Å². The lowest BCUT2D eigenvalue weighted by molar-refractivity contribution is -0.135. The molecule has 0 aromatic heterocycles. The number of rotatable bonds is 4. The second kappa shape index (κ2) is 7.03. The number of cyclic esters (lactones) is 1. The van der Waals surface area contributed by atoms with E-state index < -0.39 is 6.09 Å². The van der Waals surface area contributed by atoms with Gasteiger partial charge in [0.15, 0.2) is 6.61 Å². The molecule has 128 valence electrons. The van der Waals surface area contributed by atoms with Gasteiger partial charge < -0.3 is 9.64 Å². The quantitative estimate of drug-likeness (QED) is 0.848. The van der Waals surface area contributed by atoms with Crippen LogP contribution < -0.4 is 0 Å². The van der Waals surface area contributed by atoms with E-state index in [9.17, 15) is 14.4 Å². The van der Waals surface area contributed by atoms with Gasteiger partial charge >= 0.3 is 6.09 Å². The van der Waals surface area contributed by atoms with Crippen LogP contribution in [0.5, 0.6) is 0 Å². The largest absolute Gasteiger partial charge is 0.439 e. The minimum Gasteiger partial charge on any atom is -0.439 e. The van der Waals surface area contributed by atoms with E-state index in [1.165, 1.54) is 4.90 Å². The van der Waals surface area contributed by atoms with Crippen LogP contribution in [0.3, 0.4) is 0 Å². The second-order valence-electron chi connectivity index (χ2n) is 6.25. The summed E-state index contributed by atoms with van der Waals surface area (Å²) in [5.74, 6) is -0.292. The molecule has 24 heavy (non-hydrogen) atoms. The standard InChI is InChI=1S/C18H22N2O4/c1-2-15(13-6-4-3-5-7-13)17(22)19-10-8-14(9-11-19)20-16(21)12-24-18(20)23/h3-7,14-15H,2,8-12H2,1H3/t15-/m0/s1. The van der Waals surface area contributed by atoms with E-state index >= 15 is 0 Å². The summed E-state index contributed by atoms with van der Waals surface area (Å²) in [6, 6.07) is 9.64. The van der Waals surface area contributed by atoms with E-state index in [4.69, 9.17) is 4.74 Å². The summed E-state index contributed by atoms with van der Waals surface area (Å²) in [6.45, 7) is 2.97. The van der Waals surface area contributed by atoms with Gasteiger partial charge in [-0.25, -0.2) is 9.69 Å². The number of piperidine rings is 1. The predicted molar refractivity (Wildman–Crippen MR) is 87.3 cm³/mol. The first-order chi connectivity index (χ1) is 11.6. The molecule has 3 amide bonds. The van der Waals surface area contributed by atoms with Crippen molar-refractivity contribution >= 4 is 17.9 Å². The molecule has 2 fully saturated rings. The van der Waals surface area contributed by atoms with Crippen LogP contribution in [-0.2, 0) is 14.3 Å². The molecule has 1 aromatic rings. The Morgan fingerprint density at radius 2 is 1.88 bits per heavy atom. The Morgan fingerprint density at radius 1 is 1.21 bits per heavy atom. The van der Waals surface area contributed by atoms with E-state index in [0.717, 1.165) is 12.0 Å². The highest BCUT2D eigenvalue weighted by Crippen LogP contribution is 2.26. The second-order valence-corrected chi connectivity index (χ2v) is 6.25. The van der Waals surface area contributed by atoms with Gasteiger partial charge in [0.2, 0.25) is 5.91 Å². The molecule has 6 nitrogen and oxygen atoms in total. The van der Waals surface area contributed by atoms with Crippen molar-refractivity contribution in [1.82, 2.24) is 9.80 Å². The third-order valence-corrected chi connectivity index (χ3v) is 4.83. The summed E-state index contributed by atoms with van der Waals surface area (Å²) in [4.78, 5) is 39.3. The lowest BCUT2D eigenvalue weighted by Gasteiger charge is -2.36. The van der Waals surface area contributed by atoms with Crippen LogP contribution in [-0.4, -0.2) is 53.4 Å². The van der Waals surface area contributed by atoms with Gasteiger partial charge in [0.05, 0.1) is 5.92 Å². The highest BCUT2D eigenvalue weighted by atomic mass is 16.6. The van der Waals surface area contributed by atoms with Crippen LogP contribution >= 0.6 is 0 Å². The van der Waals surface area contributed by atoms with Gasteiger partial charge in [-0.15, -0.1) is 0 Å². The van der Waals surface area contributed by atoms with Gasteiger partial charge in [0.25, 0.3) is 5.91 Å². The van der Waals surface area contributed by atoms with Crippen LogP contribution in [0.15, 0.2) is 30.3 Å². The molecule has 2 saturated heterocycles. The Hall–Kier alpha value is -2.37. The molecule has 0 saturated carbocycles. The molecule has 0 radical (unpaired) electrons. The van der Waals surface area contributed by atoms with Gasteiger partial charge in [0.1, 0.15) is 0 Å². The van der Waals surface area contributed by atoms with E-state index in [0.29, 0.717) is 25.9 Å². The van der Waals surface area contributed by atoms with Crippen molar-refractivity contribution in [3.8, 4) is 0 Å².